The number of nitrogens with one attached hydrogen (secondary N) is 2. The van der Waals surface area contributed by atoms with E-state index in [0.717, 1.165) is 30.6 Å². The maximum atomic E-state index is 5.41. The average molecular weight is 488 g/mol. The molecule has 1 aliphatic heterocycles. The highest BCUT2D eigenvalue weighted by Gasteiger charge is 2.20. The summed E-state index contributed by atoms with van der Waals surface area (Å²) in [6.07, 6.45) is 3.31. The van der Waals surface area contributed by atoms with Gasteiger partial charge in [-0.3, -0.25) is 4.99 Å². The van der Waals surface area contributed by atoms with Crippen molar-refractivity contribution >= 4 is 29.9 Å². The van der Waals surface area contributed by atoms with Gasteiger partial charge in [0.2, 0.25) is 0 Å². The van der Waals surface area contributed by atoms with Gasteiger partial charge in [-0.05, 0) is 49.3 Å². The van der Waals surface area contributed by atoms with Gasteiger partial charge in [-0.25, -0.2) is 0 Å². The zero-order chi connectivity index (χ0) is 18.9. The van der Waals surface area contributed by atoms with Crippen LogP contribution in [-0.4, -0.2) is 57.2 Å². The zero-order valence-corrected chi connectivity index (χ0v) is 19.9. The summed E-state index contributed by atoms with van der Waals surface area (Å²) < 4.78 is 5.41. The molecule has 5 nitrogen and oxygen atoms in total. The molecule has 6 heteroatoms. The molecule has 1 fully saturated rings. The molecule has 0 spiro atoms. The van der Waals surface area contributed by atoms with Crippen LogP contribution >= 0.6 is 24.0 Å². The van der Waals surface area contributed by atoms with E-state index >= 15 is 0 Å². The maximum absolute atomic E-state index is 5.41. The van der Waals surface area contributed by atoms with Crippen molar-refractivity contribution in [1.82, 2.24) is 15.5 Å². The Balaban J connectivity index is 0.00000364. The fourth-order valence-electron chi connectivity index (χ4n) is 3.51. The van der Waals surface area contributed by atoms with Gasteiger partial charge >= 0.3 is 0 Å². The molecule has 1 saturated heterocycles. The molecule has 1 aromatic carbocycles. The zero-order valence-electron chi connectivity index (χ0n) is 17.5. The molecule has 2 rings (SSSR count). The van der Waals surface area contributed by atoms with Gasteiger partial charge < -0.3 is 20.3 Å². The molecule has 0 amide bonds. The van der Waals surface area contributed by atoms with Crippen LogP contribution < -0.4 is 15.4 Å². The first kappa shape index (κ1) is 24.0. The number of benzene rings is 1. The molecule has 1 heterocycles. The lowest BCUT2D eigenvalue weighted by molar-refractivity contribution is 0.187. The monoisotopic (exact) mass is 488 g/mol. The molecular formula is C21H37IN4O. The fraction of sp³-hybridized carbons (Fsp3) is 0.667. The Bertz CT molecular complexity index is 584. The summed E-state index contributed by atoms with van der Waals surface area (Å²) >= 11 is 0. The number of rotatable bonds is 7. The number of aryl methyl sites for hydroxylation is 1. The number of ether oxygens (including phenoxy) is 1. The Kier molecular flexibility index (Phi) is 11.1. The van der Waals surface area contributed by atoms with Crippen molar-refractivity contribution in [3.63, 3.8) is 0 Å². The van der Waals surface area contributed by atoms with Crippen LogP contribution in [0.1, 0.15) is 37.8 Å². The molecule has 27 heavy (non-hydrogen) atoms. The van der Waals surface area contributed by atoms with E-state index in [1.165, 1.54) is 43.6 Å². The molecule has 1 aliphatic rings. The van der Waals surface area contributed by atoms with E-state index in [0.29, 0.717) is 6.04 Å². The summed E-state index contributed by atoms with van der Waals surface area (Å²) in [5.74, 6) is 2.61. The van der Waals surface area contributed by atoms with Gasteiger partial charge in [0.05, 0.1) is 7.11 Å². The number of halogens is 1. The smallest absolute Gasteiger partial charge is 0.191 e. The van der Waals surface area contributed by atoms with Gasteiger partial charge in [0.1, 0.15) is 5.75 Å². The van der Waals surface area contributed by atoms with Gasteiger partial charge in [0.25, 0.3) is 0 Å². The topological polar surface area (TPSA) is 48.9 Å². The molecule has 0 unspecified atom stereocenters. The molecule has 154 valence electrons. The number of piperidine rings is 1. The second-order valence-electron chi connectivity index (χ2n) is 7.67. The average Bonchev–Trinajstić information content (AvgIpc) is 2.63. The van der Waals surface area contributed by atoms with E-state index in [1.807, 2.05) is 7.05 Å². The van der Waals surface area contributed by atoms with Crippen LogP contribution in [0.4, 0.5) is 0 Å². The lowest BCUT2D eigenvalue weighted by Gasteiger charge is -2.34. The second-order valence-corrected chi connectivity index (χ2v) is 7.67. The quantitative estimate of drug-likeness (QED) is 0.351. The summed E-state index contributed by atoms with van der Waals surface area (Å²) in [4.78, 5) is 6.96. The number of methoxy groups -OCH3 is 1. The lowest BCUT2D eigenvalue weighted by Crippen LogP contribution is -2.49. The highest BCUT2D eigenvalue weighted by Crippen LogP contribution is 2.19. The van der Waals surface area contributed by atoms with Crippen molar-refractivity contribution in [2.24, 2.45) is 10.9 Å². The van der Waals surface area contributed by atoms with Crippen LogP contribution in [0.25, 0.3) is 0 Å². The number of nitrogens with zero attached hydrogens (tertiary/aromatic N) is 2. The Morgan fingerprint density at radius 3 is 2.59 bits per heavy atom. The third-order valence-electron chi connectivity index (χ3n) is 4.95. The second kappa shape index (κ2) is 12.4. The first-order chi connectivity index (χ1) is 12.5. The first-order valence-electron chi connectivity index (χ1n) is 9.85. The van der Waals surface area contributed by atoms with Crippen LogP contribution in [0.3, 0.4) is 0 Å². The largest absolute Gasteiger partial charge is 0.496 e. The van der Waals surface area contributed by atoms with Crippen LogP contribution in [0.15, 0.2) is 23.2 Å². The Hall–Kier alpha value is -1.02. The van der Waals surface area contributed by atoms with E-state index < -0.39 is 0 Å². The standard InChI is InChI=1S/C21H36N4O.HI/c1-16(2)15-25-12-9-19(10-13-25)24-21(22-4)23-11-8-18-7-6-17(3)20(14-18)26-5;/h6-7,14,16,19H,8-13,15H2,1-5H3,(H2,22,23,24);1H. The van der Waals surface area contributed by atoms with Crippen LogP contribution in [0.5, 0.6) is 5.75 Å². The van der Waals surface area contributed by atoms with Crippen molar-refractivity contribution in [3.05, 3.63) is 29.3 Å². The Morgan fingerprint density at radius 2 is 2.00 bits per heavy atom. The van der Waals surface area contributed by atoms with Gasteiger partial charge in [-0.15, -0.1) is 24.0 Å². The van der Waals surface area contributed by atoms with Crippen molar-refractivity contribution in [1.29, 1.82) is 0 Å². The minimum atomic E-state index is 0. The van der Waals surface area contributed by atoms with Gasteiger partial charge in [0.15, 0.2) is 5.96 Å². The molecule has 1 aromatic rings. The number of aliphatic imine (C=N–C) groups is 1. The summed E-state index contributed by atoms with van der Waals surface area (Å²) in [6.45, 7) is 11.1. The number of hydrogen-bond acceptors (Lipinski definition) is 3. The van der Waals surface area contributed by atoms with Crippen molar-refractivity contribution in [2.75, 3.05) is 40.3 Å². The predicted octanol–water partition coefficient (Wildman–Crippen LogP) is 3.45. The van der Waals surface area contributed by atoms with E-state index in [-0.39, 0.29) is 24.0 Å². The third-order valence-corrected chi connectivity index (χ3v) is 4.95. The number of hydrogen-bond donors (Lipinski definition) is 2. The summed E-state index contributed by atoms with van der Waals surface area (Å²) in [7, 11) is 3.57. The van der Waals surface area contributed by atoms with Gasteiger partial charge in [-0.1, -0.05) is 26.0 Å². The normalized spacial score (nSPS) is 16.1. The summed E-state index contributed by atoms with van der Waals surface area (Å²) in [5.41, 5.74) is 2.45. The maximum Gasteiger partial charge on any atom is 0.191 e. The highest BCUT2D eigenvalue weighted by atomic mass is 127. The number of guanidine groups is 1. The third kappa shape index (κ3) is 8.25. The molecule has 0 radical (unpaired) electrons. The Morgan fingerprint density at radius 1 is 1.30 bits per heavy atom. The van der Waals surface area contributed by atoms with Crippen LogP contribution in [-0.2, 0) is 6.42 Å². The molecule has 0 aromatic heterocycles. The van der Waals surface area contributed by atoms with E-state index in [1.54, 1.807) is 7.11 Å². The van der Waals surface area contributed by atoms with Crippen molar-refractivity contribution in [3.8, 4) is 5.75 Å². The molecule has 0 saturated carbocycles. The van der Waals surface area contributed by atoms with Gasteiger partial charge in [-0.2, -0.15) is 0 Å². The van der Waals surface area contributed by atoms with E-state index in [9.17, 15) is 0 Å². The van der Waals surface area contributed by atoms with Crippen molar-refractivity contribution < 1.29 is 4.74 Å². The minimum Gasteiger partial charge on any atom is -0.496 e. The Labute approximate surface area is 182 Å². The first-order valence-corrected chi connectivity index (χ1v) is 9.85. The SMILES string of the molecule is CN=C(NCCc1ccc(C)c(OC)c1)NC1CCN(CC(C)C)CC1.I. The fourth-order valence-corrected chi connectivity index (χ4v) is 3.51. The molecule has 0 atom stereocenters. The molecule has 2 N–H and O–H groups in total. The highest BCUT2D eigenvalue weighted by molar-refractivity contribution is 14.0. The van der Waals surface area contributed by atoms with Crippen LogP contribution in [0.2, 0.25) is 0 Å². The summed E-state index contributed by atoms with van der Waals surface area (Å²) in [5, 5.41) is 7.03. The van der Waals surface area contributed by atoms with Crippen molar-refractivity contribution in [2.45, 2.75) is 46.1 Å². The molecular weight excluding hydrogens is 451 g/mol. The van der Waals surface area contributed by atoms with E-state index in [4.69, 9.17) is 4.74 Å². The predicted molar refractivity (Wildman–Crippen MR) is 126 cm³/mol. The molecule has 0 bridgehead atoms. The minimum absolute atomic E-state index is 0. The van der Waals surface area contributed by atoms with Gasteiger partial charge in [0, 0.05) is 39.3 Å². The number of likely N-dealkylation sites (tertiary alicyclic amines) is 1. The van der Waals surface area contributed by atoms with E-state index in [2.05, 4.69) is 59.5 Å². The summed E-state index contributed by atoms with van der Waals surface area (Å²) in [6, 6.07) is 6.92. The molecule has 0 aliphatic carbocycles. The lowest BCUT2D eigenvalue weighted by atomic mass is 10.0. The van der Waals surface area contributed by atoms with Crippen LogP contribution in [0, 0.1) is 12.8 Å².